The van der Waals surface area contributed by atoms with Crippen molar-refractivity contribution < 1.29 is 19.1 Å². The van der Waals surface area contributed by atoms with Crippen molar-refractivity contribution in [2.75, 3.05) is 12.3 Å². The van der Waals surface area contributed by atoms with Gasteiger partial charge in [-0.15, -0.1) is 0 Å². The highest BCUT2D eigenvalue weighted by Gasteiger charge is 2.38. The van der Waals surface area contributed by atoms with Crippen LogP contribution in [0.3, 0.4) is 0 Å². The molecule has 3 amide bonds. The van der Waals surface area contributed by atoms with E-state index in [1.54, 1.807) is 31.9 Å². The lowest BCUT2D eigenvalue weighted by Gasteiger charge is -2.29. The Labute approximate surface area is 222 Å². The Hall–Kier alpha value is -4.14. The van der Waals surface area contributed by atoms with Crippen molar-refractivity contribution in [3.63, 3.8) is 0 Å². The number of rotatable bonds is 7. The van der Waals surface area contributed by atoms with Crippen molar-refractivity contribution in [1.82, 2.24) is 20.5 Å². The fourth-order valence-electron chi connectivity index (χ4n) is 4.67. The van der Waals surface area contributed by atoms with Crippen LogP contribution in [0.1, 0.15) is 44.7 Å². The van der Waals surface area contributed by atoms with Crippen molar-refractivity contribution in [1.29, 1.82) is 0 Å². The number of ether oxygens (including phenoxy) is 1. The predicted octanol–water partition coefficient (Wildman–Crippen LogP) is 3.56. The van der Waals surface area contributed by atoms with Crippen LogP contribution < -0.4 is 16.4 Å². The minimum absolute atomic E-state index is 0.221. The smallest absolute Gasteiger partial charge is 0.408 e. The highest BCUT2D eigenvalue weighted by molar-refractivity contribution is 5.93. The third-order valence-corrected chi connectivity index (χ3v) is 6.44. The molecule has 0 bridgehead atoms. The van der Waals surface area contributed by atoms with Gasteiger partial charge in [-0.3, -0.25) is 9.59 Å². The van der Waals surface area contributed by atoms with E-state index >= 15 is 0 Å². The van der Waals surface area contributed by atoms with Crippen LogP contribution in [0.5, 0.6) is 0 Å². The molecule has 1 aliphatic heterocycles. The van der Waals surface area contributed by atoms with Gasteiger partial charge in [0, 0.05) is 31.1 Å². The molecule has 0 spiro atoms. The third-order valence-electron chi connectivity index (χ3n) is 6.44. The lowest BCUT2D eigenvalue weighted by atomic mass is 10.0. The zero-order valence-corrected chi connectivity index (χ0v) is 22.1. The van der Waals surface area contributed by atoms with Crippen LogP contribution in [-0.2, 0) is 27.3 Å². The number of carbonyl (C=O) groups excluding carboxylic acids is 3. The van der Waals surface area contributed by atoms with E-state index in [9.17, 15) is 14.4 Å². The average molecular weight is 518 g/mol. The molecule has 38 heavy (non-hydrogen) atoms. The van der Waals surface area contributed by atoms with Crippen LogP contribution in [-0.4, -0.2) is 52.0 Å². The second-order valence-corrected chi connectivity index (χ2v) is 10.5. The standard InChI is InChI=1S/C29H35N5O4/c1-29(2,3)38-28(37)33-23(17-19-8-5-4-6-9-19)27(36)34-15-7-10-24(34)26(35)32-18-20-11-12-22-21(16-20)13-14-31-25(22)30/h4-6,8-9,11-14,16,23-24H,7,10,15,17-18H2,1-3H3,(H2,30,31)(H,32,35)(H,33,37)/t23-,24?/m1/s1. The summed E-state index contributed by atoms with van der Waals surface area (Å²) in [4.78, 5) is 45.1. The van der Waals surface area contributed by atoms with E-state index in [4.69, 9.17) is 10.5 Å². The second kappa shape index (κ2) is 11.5. The van der Waals surface area contributed by atoms with Crippen molar-refractivity contribution in [2.45, 2.75) is 64.3 Å². The van der Waals surface area contributed by atoms with E-state index in [2.05, 4.69) is 15.6 Å². The summed E-state index contributed by atoms with van der Waals surface area (Å²) < 4.78 is 5.41. The number of hydrogen-bond donors (Lipinski definition) is 3. The number of carbonyl (C=O) groups is 3. The van der Waals surface area contributed by atoms with Crippen molar-refractivity contribution in [3.05, 3.63) is 71.9 Å². The minimum Gasteiger partial charge on any atom is -0.444 e. The molecule has 0 saturated carbocycles. The van der Waals surface area contributed by atoms with E-state index < -0.39 is 23.8 Å². The van der Waals surface area contributed by atoms with Gasteiger partial charge in [-0.05, 0) is 62.3 Å². The molecule has 1 unspecified atom stereocenters. The van der Waals surface area contributed by atoms with Gasteiger partial charge in [-0.1, -0.05) is 42.5 Å². The molecule has 9 nitrogen and oxygen atoms in total. The van der Waals surface area contributed by atoms with Crippen LogP contribution in [0, 0.1) is 0 Å². The molecule has 9 heteroatoms. The highest BCUT2D eigenvalue weighted by Crippen LogP contribution is 2.22. The number of benzene rings is 2. The number of fused-ring (bicyclic) bond motifs is 1. The third kappa shape index (κ3) is 6.79. The lowest BCUT2D eigenvalue weighted by molar-refractivity contribution is -0.140. The summed E-state index contributed by atoms with van der Waals surface area (Å²) in [5, 5.41) is 7.51. The van der Waals surface area contributed by atoms with Crippen molar-refractivity contribution >= 4 is 34.5 Å². The number of aromatic nitrogens is 1. The summed E-state index contributed by atoms with van der Waals surface area (Å²) in [6.07, 6.45) is 2.54. The highest BCUT2D eigenvalue weighted by atomic mass is 16.6. The number of nitrogen functional groups attached to an aromatic ring is 1. The maximum absolute atomic E-state index is 13.7. The molecule has 3 aromatic rings. The van der Waals surface area contributed by atoms with Crippen LogP contribution >= 0.6 is 0 Å². The zero-order chi connectivity index (χ0) is 27.3. The van der Waals surface area contributed by atoms with Crippen LogP contribution in [0.15, 0.2) is 60.8 Å². The summed E-state index contributed by atoms with van der Waals surface area (Å²) in [6.45, 7) is 6.06. The molecule has 1 saturated heterocycles. The molecule has 1 fully saturated rings. The first kappa shape index (κ1) is 26.9. The van der Waals surface area contributed by atoms with Crippen LogP contribution in [0.2, 0.25) is 0 Å². The molecule has 2 heterocycles. The Kier molecular flexibility index (Phi) is 8.14. The average Bonchev–Trinajstić information content (AvgIpc) is 3.36. The molecule has 0 radical (unpaired) electrons. The van der Waals surface area contributed by atoms with Crippen LogP contribution in [0.25, 0.3) is 10.8 Å². The molecule has 200 valence electrons. The normalized spacial score (nSPS) is 16.2. The Morgan fingerprint density at radius 2 is 1.87 bits per heavy atom. The molecular weight excluding hydrogens is 482 g/mol. The van der Waals surface area contributed by atoms with E-state index in [-0.39, 0.29) is 11.8 Å². The van der Waals surface area contributed by atoms with Gasteiger partial charge in [-0.2, -0.15) is 0 Å². The van der Waals surface area contributed by atoms with Gasteiger partial charge in [0.05, 0.1) is 0 Å². The summed E-state index contributed by atoms with van der Waals surface area (Å²) in [5.74, 6) is -0.0600. The van der Waals surface area contributed by atoms with Gasteiger partial charge in [0.2, 0.25) is 11.8 Å². The first-order chi connectivity index (χ1) is 18.1. The Morgan fingerprint density at radius 3 is 2.61 bits per heavy atom. The van der Waals surface area contributed by atoms with E-state index in [1.165, 1.54) is 0 Å². The number of anilines is 1. The fourth-order valence-corrected chi connectivity index (χ4v) is 4.67. The van der Waals surface area contributed by atoms with Crippen molar-refractivity contribution in [3.8, 4) is 0 Å². The molecule has 4 rings (SSSR count). The quantitative estimate of drug-likeness (QED) is 0.440. The monoisotopic (exact) mass is 517 g/mol. The van der Waals surface area contributed by atoms with Crippen molar-refractivity contribution in [2.24, 2.45) is 0 Å². The summed E-state index contributed by atoms with van der Waals surface area (Å²) >= 11 is 0. The van der Waals surface area contributed by atoms with E-state index in [0.717, 1.165) is 21.9 Å². The topological polar surface area (TPSA) is 127 Å². The maximum Gasteiger partial charge on any atom is 0.408 e. The largest absolute Gasteiger partial charge is 0.444 e. The molecule has 2 atom stereocenters. The number of nitrogens with one attached hydrogen (secondary N) is 2. The second-order valence-electron chi connectivity index (χ2n) is 10.5. The first-order valence-corrected chi connectivity index (χ1v) is 12.9. The van der Waals surface area contributed by atoms with Gasteiger partial charge >= 0.3 is 6.09 Å². The summed E-state index contributed by atoms with van der Waals surface area (Å²) in [7, 11) is 0. The molecular formula is C29H35N5O4. The number of nitrogens with two attached hydrogens (primary N) is 1. The Balaban J connectivity index is 1.45. The number of likely N-dealkylation sites (tertiary alicyclic amines) is 1. The van der Waals surface area contributed by atoms with Crippen LogP contribution in [0.4, 0.5) is 10.6 Å². The van der Waals surface area contributed by atoms with Gasteiger partial charge in [0.15, 0.2) is 0 Å². The number of hydrogen-bond acceptors (Lipinski definition) is 6. The molecule has 2 aromatic carbocycles. The van der Waals surface area contributed by atoms with E-state index in [1.807, 2.05) is 54.6 Å². The van der Waals surface area contributed by atoms with Gasteiger partial charge in [0.25, 0.3) is 0 Å². The van der Waals surface area contributed by atoms with Gasteiger partial charge < -0.3 is 26.0 Å². The molecule has 0 aliphatic carbocycles. The minimum atomic E-state index is -0.861. The lowest BCUT2D eigenvalue weighted by Crippen LogP contribution is -2.54. The van der Waals surface area contributed by atoms with E-state index in [0.29, 0.717) is 38.2 Å². The molecule has 4 N–H and O–H groups in total. The SMILES string of the molecule is CC(C)(C)OC(=O)N[C@H](Cc1ccccc1)C(=O)N1CCCC1C(=O)NCc1ccc2c(N)nccc2c1. The number of pyridine rings is 1. The van der Waals surface area contributed by atoms with Gasteiger partial charge in [-0.25, -0.2) is 9.78 Å². The summed E-state index contributed by atoms with van der Waals surface area (Å²) in [5.41, 5.74) is 7.05. The number of nitrogens with zero attached hydrogens (tertiary/aromatic N) is 2. The first-order valence-electron chi connectivity index (χ1n) is 12.9. The Bertz CT molecular complexity index is 1310. The fraction of sp³-hybridized carbons (Fsp3) is 0.379. The number of alkyl carbamates (subject to hydrolysis) is 1. The molecule has 1 aromatic heterocycles. The predicted molar refractivity (Wildman–Crippen MR) is 146 cm³/mol. The Morgan fingerprint density at radius 1 is 1.11 bits per heavy atom. The van der Waals surface area contributed by atoms with Gasteiger partial charge in [0.1, 0.15) is 23.5 Å². The molecule has 1 aliphatic rings. The zero-order valence-electron chi connectivity index (χ0n) is 22.1. The maximum atomic E-state index is 13.7. The number of amides is 3. The summed E-state index contributed by atoms with van der Waals surface area (Å²) in [6, 6.07) is 15.6.